The van der Waals surface area contributed by atoms with Crippen LogP contribution in [0.1, 0.15) is 15.9 Å². The first-order chi connectivity index (χ1) is 9.86. The number of aliphatic imine (C=N–C) groups is 2. The van der Waals surface area contributed by atoms with Crippen LogP contribution in [-0.2, 0) is 0 Å². The minimum Gasteiger partial charge on any atom is -0.298 e. The molecule has 0 saturated heterocycles. The highest BCUT2D eigenvalue weighted by molar-refractivity contribution is 6.16. The number of hydrogen-bond acceptors (Lipinski definition) is 3. The van der Waals surface area contributed by atoms with Crippen LogP contribution in [0.15, 0.2) is 46.4 Å². The zero-order valence-corrected chi connectivity index (χ0v) is 10.6. The number of hydrogen-bond donors (Lipinski definition) is 0. The van der Waals surface area contributed by atoms with Gasteiger partial charge in [0.15, 0.2) is 0 Å². The van der Waals surface area contributed by atoms with E-state index in [0.717, 1.165) is 39.2 Å². The van der Waals surface area contributed by atoms with E-state index in [1.54, 1.807) is 0 Å². The Kier molecular flexibility index (Phi) is 2.27. The molecule has 0 bridgehead atoms. The van der Waals surface area contributed by atoms with Gasteiger partial charge in [0.1, 0.15) is 6.29 Å². The van der Waals surface area contributed by atoms with Gasteiger partial charge < -0.3 is 0 Å². The molecule has 0 spiro atoms. The lowest BCUT2D eigenvalue weighted by Gasteiger charge is -2.01. The molecule has 3 nitrogen and oxygen atoms in total. The van der Waals surface area contributed by atoms with Crippen molar-refractivity contribution < 1.29 is 4.79 Å². The van der Waals surface area contributed by atoms with Crippen LogP contribution < -0.4 is 10.4 Å². The predicted octanol–water partition coefficient (Wildman–Crippen LogP) is 1.91. The van der Waals surface area contributed by atoms with Gasteiger partial charge in [-0.3, -0.25) is 14.8 Å². The summed E-state index contributed by atoms with van der Waals surface area (Å²) in [7, 11) is 0. The van der Waals surface area contributed by atoms with Crippen molar-refractivity contribution in [1.82, 2.24) is 0 Å². The summed E-state index contributed by atoms with van der Waals surface area (Å²) < 4.78 is 0. The van der Waals surface area contributed by atoms with Gasteiger partial charge >= 0.3 is 0 Å². The lowest BCUT2D eigenvalue weighted by atomic mass is 10.0. The monoisotopic (exact) mass is 258 g/mol. The summed E-state index contributed by atoms with van der Waals surface area (Å²) in [5, 5.41) is 2.25. The minimum atomic E-state index is 0.648. The van der Waals surface area contributed by atoms with Gasteiger partial charge in [0.05, 0.1) is 11.4 Å². The molecule has 3 heteroatoms. The van der Waals surface area contributed by atoms with Gasteiger partial charge in [-0.15, -0.1) is 0 Å². The lowest BCUT2D eigenvalue weighted by molar-refractivity contribution is 0.112. The topological polar surface area (TPSA) is 41.8 Å². The molecule has 2 heterocycles. The maximum Gasteiger partial charge on any atom is 0.150 e. The van der Waals surface area contributed by atoms with Gasteiger partial charge in [0, 0.05) is 34.3 Å². The van der Waals surface area contributed by atoms with E-state index in [1.807, 2.05) is 48.8 Å². The van der Waals surface area contributed by atoms with E-state index in [1.165, 1.54) is 0 Å². The Bertz CT molecular complexity index is 920. The molecule has 2 aromatic rings. The molecule has 94 valence electrons. The Morgan fingerprint density at radius 2 is 1.95 bits per heavy atom. The first-order valence-electron chi connectivity index (χ1n) is 6.38. The molecule has 0 amide bonds. The van der Waals surface area contributed by atoms with Crippen molar-refractivity contribution >= 4 is 41.7 Å². The zero-order valence-electron chi connectivity index (χ0n) is 10.6. The van der Waals surface area contributed by atoms with E-state index in [2.05, 4.69) is 16.1 Å². The molecule has 2 aliphatic rings. The van der Waals surface area contributed by atoms with Crippen molar-refractivity contribution in [3.63, 3.8) is 0 Å². The van der Waals surface area contributed by atoms with Crippen LogP contribution in [0.5, 0.6) is 0 Å². The van der Waals surface area contributed by atoms with Crippen LogP contribution in [0.2, 0.25) is 0 Å². The van der Waals surface area contributed by atoms with Crippen LogP contribution in [0.4, 0.5) is 11.4 Å². The quantitative estimate of drug-likeness (QED) is 0.720. The molecule has 0 aromatic heterocycles. The summed E-state index contributed by atoms with van der Waals surface area (Å²) in [5.74, 6) is 0. The van der Waals surface area contributed by atoms with Crippen molar-refractivity contribution in [3.8, 4) is 0 Å². The third-order valence-corrected chi connectivity index (χ3v) is 3.61. The number of nitrogens with zero attached hydrogens (tertiary/aromatic N) is 2. The summed E-state index contributed by atoms with van der Waals surface area (Å²) in [6.45, 7) is 0. The number of aldehydes is 1. The highest BCUT2D eigenvalue weighted by Gasteiger charge is 2.14. The maximum absolute atomic E-state index is 10.8. The van der Waals surface area contributed by atoms with E-state index < -0.39 is 0 Å². The Hall–Kier alpha value is -2.81. The summed E-state index contributed by atoms with van der Waals surface area (Å²) >= 11 is 0. The van der Waals surface area contributed by atoms with Crippen molar-refractivity contribution in [2.24, 2.45) is 9.98 Å². The molecule has 0 saturated carbocycles. The highest BCUT2D eigenvalue weighted by atomic mass is 16.1. The first-order valence-corrected chi connectivity index (χ1v) is 6.38. The Morgan fingerprint density at radius 1 is 1.00 bits per heavy atom. The third kappa shape index (κ3) is 1.50. The van der Waals surface area contributed by atoms with Gasteiger partial charge in [-0.2, -0.15) is 0 Å². The van der Waals surface area contributed by atoms with Gasteiger partial charge in [-0.25, -0.2) is 0 Å². The molecule has 0 unspecified atom stereocenters. The van der Waals surface area contributed by atoms with E-state index in [4.69, 9.17) is 0 Å². The van der Waals surface area contributed by atoms with E-state index in [0.29, 0.717) is 5.56 Å². The predicted molar refractivity (Wildman–Crippen MR) is 80.8 cm³/mol. The zero-order chi connectivity index (χ0) is 13.5. The second kappa shape index (κ2) is 4.10. The van der Waals surface area contributed by atoms with Gasteiger partial charge in [0.2, 0.25) is 0 Å². The molecule has 2 aromatic carbocycles. The fourth-order valence-corrected chi connectivity index (χ4v) is 2.64. The van der Waals surface area contributed by atoms with Gasteiger partial charge in [-0.1, -0.05) is 24.3 Å². The molecule has 0 aliphatic carbocycles. The van der Waals surface area contributed by atoms with E-state index in [-0.39, 0.29) is 0 Å². The summed E-state index contributed by atoms with van der Waals surface area (Å²) in [6.07, 6.45) is 6.54. The van der Waals surface area contributed by atoms with Crippen LogP contribution in [0, 0.1) is 0 Å². The van der Waals surface area contributed by atoms with Crippen LogP contribution >= 0.6 is 0 Å². The second-order valence-electron chi connectivity index (χ2n) is 4.75. The second-order valence-corrected chi connectivity index (χ2v) is 4.75. The van der Waals surface area contributed by atoms with Crippen molar-refractivity contribution in [1.29, 1.82) is 0 Å². The van der Waals surface area contributed by atoms with E-state index in [9.17, 15) is 4.79 Å². The molecule has 0 N–H and O–H groups in total. The molecule has 0 fully saturated rings. The maximum atomic E-state index is 10.8. The van der Waals surface area contributed by atoms with Crippen molar-refractivity contribution in [2.45, 2.75) is 0 Å². The highest BCUT2D eigenvalue weighted by Crippen LogP contribution is 2.30. The lowest BCUT2D eigenvalue weighted by Crippen LogP contribution is -2.26. The van der Waals surface area contributed by atoms with Crippen molar-refractivity contribution in [2.75, 3.05) is 0 Å². The molecular formula is C17H10N2O. The van der Waals surface area contributed by atoms with Gasteiger partial charge in [-0.05, 0) is 23.4 Å². The van der Waals surface area contributed by atoms with Crippen molar-refractivity contribution in [3.05, 3.63) is 58.0 Å². The number of rotatable bonds is 1. The average Bonchev–Trinajstić information content (AvgIpc) is 3.12. The molecule has 4 rings (SSSR count). The molecule has 20 heavy (non-hydrogen) atoms. The largest absolute Gasteiger partial charge is 0.298 e. The smallest absolute Gasteiger partial charge is 0.150 e. The fraction of sp³-hybridized carbons (Fsp3) is 0. The Labute approximate surface area is 115 Å². The molecule has 0 atom stereocenters. The average molecular weight is 258 g/mol. The summed E-state index contributed by atoms with van der Waals surface area (Å²) in [4.78, 5) is 19.6. The number of benzene rings is 2. The molecule has 2 aliphatic heterocycles. The fourth-order valence-electron chi connectivity index (χ4n) is 2.64. The first kappa shape index (κ1) is 11.1. The normalized spacial score (nSPS) is 16.8. The van der Waals surface area contributed by atoms with Crippen LogP contribution in [0.25, 0.3) is 11.6 Å². The SMILES string of the molecule is O=Cc1ccc2c(c1)N=CC2=c1cccc2c1=CC=N2. The number of fused-ring (bicyclic) bond motifs is 2. The van der Waals surface area contributed by atoms with E-state index >= 15 is 0 Å². The Balaban J connectivity index is 2.06. The minimum absolute atomic E-state index is 0.648. The molecule has 0 radical (unpaired) electrons. The number of carbonyl (C=O) groups excluding carboxylic acids is 1. The summed E-state index contributed by atoms with van der Waals surface area (Å²) in [5.41, 5.74) is 4.62. The summed E-state index contributed by atoms with van der Waals surface area (Å²) in [6, 6.07) is 11.7. The van der Waals surface area contributed by atoms with Crippen LogP contribution in [0.3, 0.4) is 0 Å². The van der Waals surface area contributed by atoms with Crippen LogP contribution in [-0.4, -0.2) is 18.7 Å². The standard InChI is InChI=1S/C17H10N2O/c20-10-11-4-5-13-15(9-19-17(13)8-11)12-2-1-3-16-14(12)6-7-18-16/h1-10H. The third-order valence-electron chi connectivity index (χ3n) is 3.61. The Morgan fingerprint density at radius 3 is 2.85 bits per heavy atom. The molecular weight excluding hydrogens is 248 g/mol. The van der Waals surface area contributed by atoms with Gasteiger partial charge in [0.25, 0.3) is 0 Å². The number of carbonyl (C=O) groups is 1.